The smallest absolute Gasteiger partial charge is 0.335 e. The molecule has 1 atom stereocenters. The molecule has 2 N–H and O–H groups in total. The van der Waals surface area contributed by atoms with Gasteiger partial charge in [0.15, 0.2) is 12.7 Å². The second-order valence-electron chi connectivity index (χ2n) is 4.05. The fourth-order valence-electron chi connectivity index (χ4n) is 0.995. The molecule has 0 aliphatic heterocycles. The number of hydrogen-bond donors (Lipinski definition) is 2. The zero-order valence-electron chi connectivity index (χ0n) is 11.4. The lowest BCUT2D eigenvalue weighted by Crippen LogP contribution is -2.44. The molecule has 1 unspecified atom stereocenters. The van der Waals surface area contributed by atoms with Crippen LogP contribution in [0.3, 0.4) is 0 Å². The van der Waals surface area contributed by atoms with Gasteiger partial charge in [-0.3, -0.25) is 10.1 Å². The third-order valence-corrected chi connectivity index (χ3v) is 1.81. The van der Waals surface area contributed by atoms with Crippen molar-refractivity contribution in [3.05, 3.63) is 12.7 Å². The summed E-state index contributed by atoms with van der Waals surface area (Å²) in [6, 6.07) is -0.727. The zero-order valence-corrected chi connectivity index (χ0v) is 11.4. The average Bonchev–Trinajstić information content (AvgIpc) is 2.31. The van der Waals surface area contributed by atoms with Gasteiger partial charge < -0.3 is 14.8 Å². The summed E-state index contributed by atoms with van der Waals surface area (Å²) < 4.78 is 9.69. The molecule has 0 saturated heterocycles. The van der Waals surface area contributed by atoms with Crippen LogP contribution in [0.5, 0.6) is 0 Å². The van der Waals surface area contributed by atoms with E-state index < -0.39 is 30.6 Å². The van der Waals surface area contributed by atoms with E-state index >= 15 is 0 Å². The Labute approximate surface area is 112 Å². The molecule has 0 bridgehead atoms. The third kappa shape index (κ3) is 8.78. The molecule has 0 spiro atoms. The Bertz CT molecular complexity index is 341. The van der Waals surface area contributed by atoms with Gasteiger partial charge in [-0.2, -0.15) is 0 Å². The number of hydrogen-bond acceptors (Lipinski definition) is 5. The van der Waals surface area contributed by atoms with Crippen molar-refractivity contribution in [2.45, 2.75) is 32.9 Å². The Morgan fingerprint density at radius 1 is 1.26 bits per heavy atom. The predicted molar refractivity (Wildman–Crippen MR) is 68.4 cm³/mol. The molecular formula is C12H20N2O5. The van der Waals surface area contributed by atoms with Gasteiger partial charge in [0.25, 0.3) is 5.91 Å². The molecule has 19 heavy (non-hydrogen) atoms. The van der Waals surface area contributed by atoms with Crippen molar-refractivity contribution in [2.75, 3.05) is 13.2 Å². The van der Waals surface area contributed by atoms with Gasteiger partial charge in [0.1, 0.15) is 0 Å². The van der Waals surface area contributed by atoms with E-state index in [0.29, 0.717) is 0 Å². The standard InChI is InChI=1S/C12H20N2O5/c1-5-6-18-9(4)11(16)19-7-10(15)14-12(17)13-8(2)3/h5,8-9H,1,6-7H2,2-4H3,(H2,13,14,15,17). The lowest BCUT2D eigenvalue weighted by atomic mass is 10.4. The average molecular weight is 272 g/mol. The van der Waals surface area contributed by atoms with E-state index in [1.807, 2.05) is 5.32 Å². The minimum absolute atomic E-state index is 0.0947. The van der Waals surface area contributed by atoms with Crippen molar-refractivity contribution in [3.63, 3.8) is 0 Å². The number of amides is 3. The summed E-state index contributed by atoms with van der Waals surface area (Å²) in [4.78, 5) is 33.8. The maximum atomic E-state index is 11.4. The maximum Gasteiger partial charge on any atom is 0.335 e. The molecule has 0 fully saturated rings. The molecule has 0 radical (unpaired) electrons. The first-order valence-electron chi connectivity index (χ1n) is 5.86. The molecule has 0 saturated carbocycles. The topological polar surface area (TPSA) is 93.7 Å². The second kappa shape index (κ2) is 9.09. The van der Waals surface area contributed by atoms with Gasteiger partial charge >= 0.3 is 12.0 Å². The molecule has 0 aromatic heterocycles. The van der Waals surface area contributed by atoms with Crippen LogP contribution in [-0.4, -0.2) is 43.3 Å². The fourth-order valence-corrected chi connectivity index (χ4v) is 0.995. The van der Waals surface area contributed by atoms with Crippen molar-refractivity contribution >= 4 is 17.9 Å². The highest BCUT2D eigenvalue weighted by molar-refractivity contribution is 5.95. The Morgan fingerprint density at radius 3 is 2.42 bits per heavy atom. The van der Waals surface area contributed by atoms with E-state index in [1.165, 1.54) is 13.0 Å². The van der Waals surface area contributed by atoms with E-state index in [9.17, 15) is 14.4 Å². The molecule has 0 rings (SSSR count). The summed E-state index contributed by atoms with van der Waals surface area (Å²) in [5.74, 6) is -1.39. The first-order valence-corrected chi connectivity index (χ1v) is 5.86. The van der Waals surface area contributed by atoms with Crippen LogP contribution in [0.4, 0.5) is 4.79 Å². The van der Waals surface area contributed by atoms with Crippen LogP contribution in [0.25, 0.3) is 0 Å². The number of nitrogens with one attached hydrogen (secondary N) is 2. The summed E-state index contributed by atoms with van der Waals surface area (Å²) >= 11 is 0. The normalized spacial score (nSPS) is 11.6. The number of imide groups is 1. The molecule has 7 nitrogen and oxygen atoms in total. The molecule has 7 heteroatoms. The number of urea groups is 1. The second-order valence-corrected chi connectivity index (χ2v) is 4.05. The summed E-state index contributed by atoms with van der Waals surface area (Å²) in [5, 5.41) is 4.49. The number of ether oxygens (including phenoxy) is 2. The van der Waals surface area contributed by atoms with Crippen molar-refractivity contribution in [1.29, 1.82) is 0 Å². The summed E-state index contributed by atoms with van der Waals surface area (Å²) in [7, 11) is 0. The van der Waals surface area contributed by atoms with Crippen LogP contribution < -0.4 is 10.6 Å². The Hall–Kier alpha value is -1.89. The number of carbonyl (C=O) groups is 3. The fraction of sp³-hybridized carbons (Fsp3) is 0.583. The van der Waals surface area contributed by atoms with Crippen molar-refractivity contribution in [1.82, 2.24) is 10.6 Å². The van der Waals surface area contributed by atoms with Crippen molar-refractivity contribution in [3.8, 4) is 0 Å². The highest BCUT2D eigenvalue weighted by Crippen LogP contribution is 1.94. The molecular weight excluding hydrogens is 252 g/mol. The van der Waals surface area contributed by atoms with Crippen LogP contribution >= 0.6 is 0 Å². The largest absolute Gasteiger partial charge is 0.454 e. The minimum atomic E-state index is -0.796. The van der Waals surface area contributed by atoms with Crippen LogP contribution in [-0.2, 0) is 19.1 Å². The summed E-state index contributed by atoms with van der Waals surface area (Å²) in [5.41, 5.74) is 0. The molecule has 3 amide bonds. The summed E-state index contributed by atoms with van der Waals surface area (Å²) in [6.07, 6.45) is 0.697. The molecule has 0 aliphatic carbocycles. The molecule has 108 valence electrons. The lowest BCUT2D eigenvalue weighted by Gasteiger charge is -2.12. The number of rotatable bonds is 7. The highest BCUT2D eigenvalue weighted by atomic mass is 16.6. The Morgan fingerprint density at radius 2 is 1.89 bits per heavy atom. The molecule has 0 aliphatic rings. The van der Waals surface area contributed by atoms with E-state index in [4.69, 9.17) is 4.74 Å². The van der Waals surface area contributed by atoms with E-state index in [0.717, 1.165) is 0 Å². The van der Waals surface area contributed by atoms with Crippen molar-refractivity contribution in [2.24, 2.45) is 0 Å². The number of carbonyl (C=O) groups excluding carboxylic acids is 3. The minimum Gasteiger partial charge on any atom is -0.454 e. The third-order valence-electron chi connectivity index (χ3n) is 1.81. The monoisotopic (exact) mass is 272 g/mol. The van der Waals surface area contributed by atoms with Gasteiger partial charge in [-0.05, 0) is 20.8 Å². The van der Waals surface area contributed by atoms with Crippen LogP contribution in [0.1, 0.15) is 20.8 Å². The predicted octanol–water partition coefficient (Wildman–Crippen LogP) is 0.355. The van der Waals surface area contributed by atoms with E-state index in [-0.39, 0.29) is 12.6 Å². The van der Waals surface area contributed by atoms with Gasteiger partial charge in [0, 0.05) is 6.04 Å². The first kappa shape index (κ1) is 17.1. The Balaban J connectivity index is 3.92. The van der Waals surface area contributed by atoms with E-state index in [2.05, 4.69) is 16.6 Å². The van der Waals surface area contributed by atoms with Crippen LogP contribution in [0.15, 0.2) is 12.7 Å². The van der Waals surface area contributed by atoms with Gasteiger partial charge in [0.05, 0.1) is 6.61 Å². The highest BCUT2D eigenvalue weighted by Gasteiger charge is 2.17. The summed E-state index contributed by atoms with van der Waals surface area (Å²) in [6.45, 7) is 8.11. The molecule has 0 aromatic rings. The first-order chi connectivity index (χ1) is 8.86. The molecule has 0 heterocycles. The Kier molecular flexibility index (Phi) is 8.19. The molecule has 0 aromatic carbocycles. The zero-order chi connectivity index (χ0) is 14.8. The lowest BCUT2D eigenvalue weighted by molar-refractivity contribution is -0.158. The quantitative estimate of drug-likeness (QED) is 0.515. The van der Waals surface area contributed by atoms with Gasteiger partial charge in [-0.1, -0.05) is 6.08 Å². The van der Waals surface area contributed by atoms with E-state index in [1.54, 1.807) is 13.8 Å². The van der Waals surface area contributed by atoms with Crippen LogP contribution in [0.2, 0.25) is 0 Å². The van der Waals surface area contributed by atoms with Gasteiger partial charge in [0.2, 0.25) is 0 Å². The van der Waals surface area contributed by atoms with Gasteiger partial charge in [-0.15, -0.1) is 6.58 Å². The maximum absolute atomic E-state index is 11.4. The van der Waals surface area contributed by atoms with Crippen LogP contribution in [0, 0.1) is 0 Å². The van der Waals surface area contributed by atoms with Crippen molar-refractivity contribution < 1.29 is 23.9 Å². The SMILES string of the molecule is C=CCOC(C)C(=O)OCC(=O)NC(=O)NC(C)C. The van der Waals surface area contributed by atoms with Gasteiger partial charge in [-0.25, -0.2) is 9.59 Å². The number of esters is 1.